The summed E-state index contributed by atoms with van der Waals surface area (Å²) in [5, 5.41) is 0. The third-order valence-corrected chi connectivity index (χ3v) is 5.90. The van der Waals surface area contributed by atoms with Gasteiger partial charge < -0.3 is 13.7 Å². The Morgan fingerprint density at radius 1 is 1.11 bits per heavy atom. The molecule has 0 bridgehead atoms. The first-order valence-electron chi connectivity index (χ1n) is 10.2. The van der Waals surface area contributed by atoms with E-state index in [0.29, 0.717) is 5.92 Å². The van der Waals surface area contributed by atoms with Crippen molar-refractivity contribution >= 4 is 0 Å². The Morgan fingerprint density at radius 3 is 2.68 bits per heavy atom. The fourth-order valence-corrected chi connectivity index (χ4v) is 4.63. The second-order valence-electron chi connectivity index (χ2n) is 8.44. The van der Waals surface area contributed by atoms with Crippen LogP contribution in [0.25, 0.3) is 11.3 Å². The molecule has 0 aliphatic carbocycles. The summed E-state index contributed by atoms with van der Waals surface area (Å²) >= 11 is 0. The number of hydrogen-bond donors (Lipinski definition) is 0. The number of ether oxygens (including phenoxy) is 1. The Labute approximate surface area is 165 Å². The maximum absolute atomic E-state index is 6.74. The normalized spacial score (nSPS) is 18.1. The first kappa shape index (κ1) is 17.6. The van der Waals surface area contributed by atoms with Crippen LogP contribution in [0.2, 0.25) is 0 Å². The first-order valence-corrected chi connectivity index (χ1v) is 10.2. The van der Waals surface area contributed by atoms with Crippen LogP contribution in [0.4, 0.5) is 0 Å². The number of aromatic nitrogens is 2. The van der Waals surface area contributed by atoms with Gasteiger partial charge in [-0.1, -0.05) is 26.0 Å². The second kappa shape index (κ2) is 6.82. The molecule has 1 spiro atoms. The van der Waals surface area contributed by atoms with Crippen LogP contribution in [0.5, 0.6) is 5.75 Å². The van der Waals surface area contributed by atoms with E-state index >= 15 is 0 Å². The Kier molecular flexibility index (Phi) is 4.27. The number of rotatable bonds is 4. The number of fused-ring (bicyclic) bond motifs is 4. The van der Waals surface area contributed by atoms with Crippen molar-refractivity contribution in [3.8, 4) is 17.0 Å². The Bertz CT molecular complexity index is 950. The molecule has 0 unspecified atom stereocenters. The lowest BCUT2D eigenvalue weighted by molar-refractivity contribution is -0.0146. The van der Waals surface area contributed by atoms with Gasteiger partial charge in [-0.05, 0) is 30.2 Å². The van der Waals surface area contributed by atoms with E-state index in [4.69, 9.17) is 14.1 Å². The van der Waals surface area contributed by atoms with Gasteiger partial charge in [0.05, 0.1) is 30.5 Å². The van der Waals surface area contributed by atoms with Crippen molar-refractivity contribution in [2.24, 2.45) is 5.92 Å². The van der Waals surface area contributed by atoms with Crippen LogP contribution in [0.1, 0.15) is 38.1 Å². The SMILES string of the molecule is CC(C)Cn1cnc2c1C1(CCN(Cc3ccco3)CC1)Oc1ccccc1-2. The zero-order valence-electron chi connectivity index (χ0n) is 16.6. The average Bonchev–Trinajstić information content (AvgIpc) is 3.34. The van der Waals surface area contributed by atoms with E-state index in [1.165, 1.54) is 5.69 Å². The van der Waals surface area contributed by atoms with Crippen LogP contribution < -0.4 is 4.74 Å². The number of hydrogen-bond acceptors (Lipinski definition) is 4. The molecule has 1 saturated heterocycles. The van der Waals surface area contributed by atoms with Crippen LogP contribution in [0.15, 0.2) is 53.4 Å². The molecule has 0 amide bonds. The molecule has 5 rings (SSSR count). The summed E-state index contributed by atoms with van der Waals surface area (Å²) < 4.78 is 14.6. The van der Waals surface area contributed by atoms with Crippen molar-refractivity contribution in [3.05, 3.63) is 60.4 Å². The Balaban J connectivity index is 1.48. The van der Waals surface area contributed by atoms with Crippen LogP contribution in [0.3, 0.4) is 0 Å². The minimum absolute atomic E-state index is 0.297. The van der Waals surface area contributed by atoms with Gasteiger partial charge in [0.2, 0.25) is 0 Å². The molecule has 28 heavy (non-hydrogen) atoms. The highest BCUT2D eigenvalue weighted by Crippen LogP contribution is 2.49. The standard InChI is InChI=1S/C23H27N3O2/c1-17(2)14-26-16-24-21-19-7-3-4-8-20(19)28-23(22(21)26)9-11-25(12-10-23)15-18-6-5-13-27-18/h3-8,13,16-17H,9-12,14-15H2,1-2H3. The molecule has 146 valence electrons. The summed E-state index contributed by atoms with van der Waals surface area (Å²) in [5.74, 6) is 2.55. The molecule has 1 fully saturated rings. The minimum Gasteiger partial charge on any atom is -0.480 e. The van der Waals surface area contributed by atoms with E-state index in [1.807, 2.05) is 18.5 Å². The number of piperidine rings is 1. The van der Waals surface area contributed by atoms with Crippen molar-refractivity contribution in [2.75, 3.05) is 13.1 Å². The van der Waals surface area contributed by atoms with Crippen molar-refractivity contribution in [2.45, 2.75) is 45.4 Å². The maximum Gasteiger partial charge on any atom is 0.153 e. The zero-order chi connectivity index (χ0) is 19.1. The van der Waals surface area contributed by atoms with Gasteiger partial charge in [0, 0.05) is 38.0 Å². The molecule has 2 aromatic heterocycles. The molecular weight excluding hydrogens is 350 g/mol. The van der Waals surface area contributed by atoms with Crippen LogP contribution in [-0.2, 0) is 18.7 Å². The molecule has 3 aromatic rings. The van der Waals surface area contributed by atoms with Gasteiger partial charge in [-0.3, -0.25) is 4.90 Å². The summed E-state index contributed by atoms with van der Waals surface area (Å²) in [6, 6.07) is 12.3. The lowest BCUT2D eigenvalue weighted by Gasteiger charge is -2.44. The third-order valence-electron chi connectivity index (χ3n) is 5.90. The van der Waals surface area contributed by atoms with Crippen LogP contribution in [-0.4, -0.2) is 27.5 Å². The molecule has 0 saturated carbocycles. The second-order valence-corrected chi connectivity index (χ2v) is 8.44. The quantitative estimate of drug-likeness (QED) is 0.662. The predicted octanol–water partition coefficient (Wildman–Crippen LogP) is 4.68. The van der Waals surface area contributed by atoms with Crippen LogP contribution >= 0.6 is 0 Å². The molecule has 0 radical (unpaired) electrons. The van der Waals surface area contributed by atoms with E-state index in [9.17, 15) is 0 Å². The summed E-state index contributed by atoms with van der Waals surface area (Å²) in [6.07, 6.45) is 5.67. The van der Waals surface area contributed by atoms with Gasteiger partial charge in [-0.2, -0.15) is 0 Å². The van der Waals surface area contributed by atoms with E-state index < -0.39 is 0 Å². The molecule has 0 N–H and O–H groups in total. The average molecular weight is 377 g/mol. The maximum atomic E-state index is 6.74. The lowest BCUT2D eigenvalue weighted by Crippen LogP contribution is -2.48. The molecule has 5 nitrogen and oxygen atoms in total. The summed E-state index contributed by atoms with van der Waals surface area (Å²) in [7, 11) is 0. The highest BCUT2D eigenvalue weighted by atomic mass is 16.5. The van der Waals surface area contributed by atoms with Crippen molar-refractivity contribution in [1.82, 2.24) is 14.5 Å². The fourth-order valence-electron chi connectivity index (χ4n) is 4.63. The first-order chi connectivity index (χ1) is 13.6. The van der Waals surface area contributed by atoms with Gasteiger partial charge in [0.15, 0.2) is 5.60 Å². The van der Waals surface area contributed by atoms with Crippen molar-refractivity contribution in [1.29, 1.82) is 0 Å². The highest BCUT2D eigenvalue weighted by molar-refractivity contribution is 5.72. The Hall–Kier alpha value is -2.53. The number of benzene rings is 1. The minimum atomic E-state index is -0.297. The summed E-state index contributed by atoms with van der Waals surface area (Å²) in [5.41, 5.74) is 3.18. The van der Waals surface area contributed by atoms with E-state index in [1.54, 1.807) is 6.26 Å². The van der Waals surface area contributed by atoms with Gasteiger partial charge in [-0.15, -0.1) is 0 Å². The summed E-state index contributed by atoms with van der Waals surface area (Å²) in [4.78, 5) is 7.29. The molecule has 1 aromatic carbocycles. The molecule has 4 heterocycles. The van der Waals surface area contributed by atoms with Crippen molar-refractivity contribution < 1.29 is 9.15 Å². The number of furan rings is 1. The van der Waals surface area contributed by atoms with E-state index in [0.717, 1.165) is 61.8 Å². The van der Waals surface area contributed by atoms with Gasteiger partial charge >= 0.3 is 0 Å². The van der Waals surface area contributed by atoms with Gasteiger partial charge in [0.25, 0.3) is 0 Å². The fraction of sp³-hybridized carbons (Fsp3) is 0.435. The molecular formula is C23H27N3O2. The predicted molar refractivity (Wildman–Crippen MR) is 108 cm³/mol. The third kappa shape index (κ3) is 2.94. The number of imidazole rings is 1. The number of para-hydroxylation sites is 1. The monoisotopic (exact) mass is 377 g/mol. The van der Waals surface area contributed by atoms with Crippen LogP contribution in [0, 0.1) is 5.92 Å². The Morgan fingerprint density at radius 2 is 1.93 bits per heavy atom. The zero-order valence-corrected chi connectivity index (χ0v) is 16.6. The highest BCUT2D eigenvalue weighted by Gasteiger charge is 2.46. The largest absolute Gasteiger partial charge is 0.480 e. The molecule has 0 atom stereocenters. The van der Waals surface area contributed by atoms with Gasteiger partial charge in [0.1, 0.15) is 11.5 Å². The van der Waals surface area contributed by atoms with Crippen molar-refractivity contribution in [3.63, 3.8) is 0 Å². The molecule has 2 aliphatic heterocycles. The van der Waals surface area contributed by atoms with E-state index in [-0.39, 0.29) is 5.60 Å². The molecule has 5 heteroatoms. The lowest BCUT2D eigenvalue weighted by atomic mass is 9.83. The summed E-state index contributed by atoms with van der Waals surface area (Å²) in [6.45, 7) is 8.29. The van der Waals surface area contributed by atoms with E-state index in [2.05, 4.69) is 47.6 Å². The topological polar surface area (TPSA) is 43.4 Å². The molecule has 2 aliphatic rings. The number of likely N-dealkylation sites (tertiary alicyclic amines) is 1. The smallest absolute Gasteiger partial charge is 0.153 e. The number of nitrogens with zero attached hydrogens (tertiary/aromatic N) is 3. The van der Waals surface area contributed by atoms with Gasteiger partial charge in [-0.25, -0.2) is 4.98 Å².